The Morgan fingerprint density at radius 2 is 2.21 bits per heavy atom. The van der Waals surface area contributed by atoms with Crippen molar-refractivity contribution in [2.45, 2.75) is 6.36 Å². The molecule has 1 aromatic heterocycles. The van der Waals surface area contributed by atoms with E-state index in [2.05, 4.69) is 15.3 Å². The van der Waals surface area contributed by atoms with Gasteiger partial charge in [-0.25, -0.2) is 5.43 Å². The predicted octanol–water partition coefficient (Wildman–Crippen LogP) is 0.964. The van der Waals surface area contributed by atoms with Crippen LogP contribution in [0.25, 0.3) is 10.9 Å². The molecule has 0 aliphatic heterocycles. The van der Waals surface area contributed by atoms with Crippen molar-refractivity contribution in [3.8, 4) is 5.75 Å². The van der Waals surface area contributed by atoms with Gasteiger partial charge in [0, 0.05) is 11.5 Å². The van der Waals surface area contributed by atoms with Gasteiger partial charge in [0.05, 0.1) is 18.3 Å². The molecule has 0 saturated carbocycles. The first-order valence-corrected chi connectivity index (χ1v) is 5.12. The van der Waals surface area contributed by atoms with Crippen molar-refractivity contribution >= 4 is 16.8 Å². The second-order valence-corrected chi connectivity index (χ2v) is 3.58. The summed E-state index contributed by atoms with van der Waals surface area (Å²) in [5, 5.41) is 4.42. The summed E-state index contributed by atoms with van der Waals surface area (Å²) >= 11 is 0. The average Bonchev–Trinajstić information content (AvgIpc) is 2.68. The standard InChI is InChI=1S/C10H9F3N4O2/c11-10(12,13)19-7-2-1-6-5-17(15-8(6)3-7)16-9(18)4-14/h1-3,5H,4,14H2,(H,16,18). The Morgan fingerprint density at radius 3 is 2.84 bits per heavy atom. The molecule has 1 amide bonds. The molecule has 0 fully saturated rings. The molecular formula is C10H9F3N4O2. The second kappa shape index (κ2) is 4.76. The van der Waals surface area contributed by atoms with E-state index in [1.54, 1.807) is 0 Å². The van der Waals surface area contributed by atoms with Gasteiger partial charge in [-0.2, -0.15) is 9.89 Å². The molecule has 19 heavy (non-hydrogen) atoms. The summed E-state index contributed by atoms with van der Waals surface area (Å²) in [5.74, 6) is -0.852. The number of alkyl halides is 3. The highest BCUT2D eigenvalue weighted by Crippen LogP contribution is 2.25. The number of carbonyl (C=O) groups excluding carboxylic acids is 1. The van der Waals surface area contributed by atoms with E-state index in [1.165, 1.54) is 12.3 Å². The molecule has 9 heteroatoms. The summed E-state index contributed by atoms with van der Waals surface area (Å²) in [6.07, 6.45) is -3.32. The molecule has 102 valence electrons. The third-order valence-corrected chi connectivity index (χ3v) is 2.14. The minimum absolute atomic E-state index is 0.224. The third kappa shape index (κ3) is 3.35. The van der Waals surface area contributed by atoms with Gasteiger partial charge in [-0.15, -0.1) is 13.2 Å². The number of hydrogen-bond donors (Lipinski definition) is 2. The average molecular weight is 274 g/mol. The number of nitrogens with two attached hydrogens (primary N) is 1. The summed E-state index contributed by atoms with van der Waals surface area (Å²) in [6.45, 7) is -0.224. The fourth-order valence-corrected chi connectivity index (χ4v) is 1.42. The van der Waals surface area contributed by atoms with E-state index in [9.17, 15) is 18.0 Å². The zero-order chi connectivity index (χ0) is 14.0. The summed E-state index contributed by atoms with van der Waals surface area (Å²) in [4.78, 5) is 12.1. The van der Waals surface area contributed by atoms with Gasteiger partial charge in [0.2, 0.25) is 0 Å². The van der Waals surface area contributed by atoms with Crippen LogP contribution in [0.4, 0.5) is 13.2 Å². The molecule has 2 aromatic rings. The van der Waals surface area contributed by atoms with Crippen molar-refractivity contribution in [3.05, 3.63) is 24.4 Å². The zero-order valence-corrected chi connectivity index (χ0v) is 9.44. The first-order valence-electron chi connectivity index (χ1n) is 5.12. The molecule has 3 N–H and O–H groups in total. The molecule has 0 radical (unpaired) electrons. The Labute approximate surface area is 104 Å². The Bertz CT molecular complexity index is 608. The Morgan fingerprint density at radius 1 is 1.47 bits per heavy atom. The minimum atomic E-state index is -4.76. The molecule has 2 rings (SSSR count). The first-order chi connectivity index (χ1) is 8.87. The van der Waals surface area contributed by atoms with Crippen molar-refractivity contribution in [3.63, 3.8) is 0 Å². The van der Waals surface area contributed by atoms with Crippen LogP contribution in [0.3, 0.4) is 0 Å². The topological polar surface area (TPSA) is 82.2 Å². The maximum atomic E-state index is 12.0. The summed E-state index contributed by atoms with van der Waals surface area (Å²) in [5.41, 5.74) is 7.69. The largest absolute Gasteiger partial charge is 0.573 e. The number of halogens is 3. The lowest BCUT2D eigenvalue weighted by atomic mass is 10.2. The van der Waals surface area contributed by atoms with Gasteiger partial charge in [0.15, 0.2) is 0 Å². The number of amides is 1. The first kappa shape index (κ1) is 13.1. The lowest BCUT2D eigenvalue weighted by Gasteiger charge is -2.07. The van der Waals surface area contributed by atoms with Gasteiger partial charge in [-0.3, -0.25) is 4.79 Å². The van der Waals surface area contributed by atoms with Crippen molar-refractivity contribution < 1.29 is 22.7 Å². The lowest BCUT2D eigenvalue weighted by Crippen LogP contribution is -2.29. The molecule has 0 spiro atoms. The summed E-state index contributed by atoms with van der Waals surface area (Å²) in [7, 11) is 0. The van der Waals surface area contributed by atoms with Crippen LogP contribution in [0.1, 0.15) is 0 Å². The molecule has 0 saturated heterocycles. The highest BCUT2D eigenvalue weighted by molar-refractivity contribution is 5.86. The van der Waals surface area contributed by atoms with Crippen LogP contribution in [0, 0.1) is 0 Å². The number of nitrogens with one attached hydrogen (secondary N) is 1. The van der Waals surface area contributed by atoms with E-state index in [-0.39, 0.29) is 17.8 Å². The van der Waals surface area contributed by atoms with Crippen molar-refractivity contribution in [2.24, 2.45) is 5.73 Å². The molecule has 0 aliphatic carbocycles. The fraction of sp³-hybridized carbons (Fsp3) is 0.200. The molecule has 0 unspecified atom stereocenters. The quantitative estimate of drug-likeness (QED) is 0.873. The molecule has 0 aliphatic rings. The summed E-state index contributed by atoms with van der Waals surface area (Å²) < 4.78 is 39.9. The summed E-state index contributed by atoms with van der Waals surface area (Å²) in [6, 6.07) is 3.68. The van der Waals surface area contributed by atoms with Crippen molar-refractivity contribution in [1.29, 1.82) is 0 Å². The number of fused-ring (bicyclic) bond motifs is 1. The maximum absolute atomic E-state index is 12.0. The molecule has 6 nitrogen and oxygen atoms in total. The number of aromatic nitrogens is 2. The maximum Gasteiger partial charge on any atom is 0.573 e. The van der Waals surface area contributed by atoms with E-state index < -0.39 is 12.3 Å². The monoisotopic (exact) mass is 274 g/mol. The molecule has 1 aromatic carbocycles. The fourth-order valence-electron chi connectivity index (χ4n) is 1.42. The van der Waals surface area contributed by atoms with Crippen LogP contribution in [0.15, 0.2) is 24.4 Å². The van der Waals surface area contributed by atoms with Crippen LogP contribution in [0.2, 0.25) is 0 Å². The van der Waals surface area contributed by atoms with E-state index in [0.29, 0.717) is 5.39 Å². The van der Waals surface area contributed by atoms with Gasteiger partial charge < -0.3 is 10.5 Å². The Balaban J connectivity index is 2.26. The third-order valence-electron chi connectivity index (χ3n) is 2.14. The SMILES string of the molecule is NCC(=O)Nn1cc2ccc(OC(F)(F)F)cc2n1. The molecule has 0 bridgehead atoms. The van der Waals surface area contributed by atoms with E-state index in [1.807, 2.05) is 0 Å². The normalized spacial score (nSPS) is 11.6. The van der Waals surface area contributed by atoms with E-state index in [0.717, 1.165) is 16.9 Å². The molecule has 1 heterocycles. The van der Waals surface area contributed by atoms with Gasteiger partial charge >= 0.3 is 6.36 Å². The van der Waals surface area contributed by atoms with Crippen LogP contribution < -0.4 is 15.9 Å². The van der Waals surface area contributed by atoms with Gasteiger partial charge in [-0.05, 0) is 12.1 Å². The minimum Gasteiger partial charge on any atom is -0.406 e. The Kier molecular flexibility index (Phi) is 3.30. The number of rotatable bonds is 3. The van der Waals surface area contributed by atoms with Crippen LogP contribution in [0.5, 0.6) is 5.75 Å². The lowest BCUT2D eigenvalue weighted by molar-refractivity contribution is -0.274. The number of hydrogen-bond acceptors (Lipinski definition) is 4. The van der Waals surface area contributed by atoms with E-state index >= 15 is 0 Å². The van der Waals surface area contributed by atoms with Gasteiger partial charge in [-0.1, -0.05) is 0 Å². The van der Waals surface area contributed by atoms with Crippen molar-refractivity contribution in [1.82, 2.24) is 9.89 Å². The molecule has 0 atom stereocenters. The second-order valence-electron chi connectivity index (χ2n) is 3.58. The number of carbonyl (C=O) groups is 1. The number of ether oxygens (including phenoxy) is 1. The smallest absolute Gasteiger partial charge is 0.406 e. The highest BCUT2D eigenvalue weighted by Gasteiger charge is 2.31. The predicted molar refractivity (Wildman–Crippen MR) is 59.8 cm³/mol. The van der Waals surface area contributed by atoms with Crippen molar-refractivity contribution in [2.75, 3.05) is 12.0 Å². The number of nitrogens with zero attached hydrogens (tertiary/aromatic N) is 2. The van der Waals surface area contributed by atoms with Gasteiger partial charge in [0.1, 0.15) is 5.75 Å². The number of benzene rings is 1. The van der Waals surface area contributed by atoms with Gasteiger partial charge in [0.25, 0.3) is 5.91 Å². The zero-order valence-electron chi connectivity index (χ0n) is 9.44. The molecular weight excluding hydrogens is 265 g/mol. The van der Waals surface area contributed by atoms with E-state index in [4.69, 9.17) is 5.73 Å². The van der Waals surface area contributed by atoms with Crippen LogP contribution in [-0.2, 0) is 4.79 Å². The van der Waals surface area contributed by atoms with Crippen LogP contribution in [-0.4, -0.2) is 28.7 Å². The highest BCUT2D eigenvalue weighted by atomic mass is 19.4. The Hall–Kier alpha value is -2.29. The van der Waals surface area contributed by atoms with Crippen LogP contribution >= 0.6 is 0 Å².